The van der Waals surface area contributed by atoms with Crippen LogP contribution in [0.1, 0.15) is 39.0 Å². The van der Waals surface area contributed by atoms with Crippen LogP contribution in [0.2, 0.25) is 0 Å². The molecule has 1 aliphatic carbocycles. The summed E-state index contributed by atoms with van der Waals surface area (Å²) < 4.78 is 25.6. The third-order valence-corrected chi connectivity index (χ3v) is 6.29. The van der Waals surface area contributed by atoms with Crippen molar-refractivity contribution in [2.24, 2.45) is 5.92 Å². The molecule has 3 rings (SSSR count). The van der Waals surface area contributed by atoms with Gasteiger partial charge in [-0.2, -0.15) is 0 Å². The molecule has 3 unspecified atom stereocenters. The number of benzene rings is 1. The molecule has 0 bridgehead atoms. The van der Waals surface area contributed by atoms with Gasteiger partial charge in [-0.15, -0.1) is 0 Å². The van der Waals surface area contributed by atoms with Crippen molar-refractivity contribution < 1.29 is 13.2 Å². The molecule has 2 fully saturated rings. The van der Waals surface area contributed by atoms with Crippen molar-refractivity contribution >= 4 is 27.3 Å². The maximum Gasteiger partial charge on any atom is 0.241 e. The van der Waals surface area contributed by atoms with E-state index in [0.29, 0.717) is 23.3 Å². The second-order valence-electron chi connectivity index (χ2n) is 6.68. The second kappa shape index (κ2) is 7.11. The summed E-state index contributed by atoms with van der Waals surface area (Å²) in [6, 6.07) is 7.10. The first-order chi connectivity index (χ1) is 11.5. The molecule has 1 heterocycles. The summed E-state index contributed by atoms with van der Waals surface area (Å²) in [6.07, 6.45) is 5.81. The quantitative estimate of drug-likeness (QED) is 0.760. The van der Waals surface area contributed by atoms with Crippen LogP contribution < -0.4 is 15.4 Å². The van der Waals surface area contributed by atoms with Crippen LogP contribution in [0.15, 0.2) is 24.3 Å². The molecule has 24 heavy (non-hydrogen) atoms. The van der Waals surface area contributed by atoms with Gasteiger partial charge in [0, 0.05) is 17.4 Å². The average molecular weight is 351 g/mol. The van der Waals surface area contributed by atoms with Gasteiger partial charge < -0.3 is 10.6 Å². The molecule has 6 nitrogen and oxygen atoms in total. The van der Waals surface area contributed by atoms with Crippen LogP contribution in [0.5, 0.6) is 0 Å². The first-order valence-corrected chi connectivity index (χ1v) is 10.3. The molecule has 0 radical (unpaired) electrons. The maximum absolute atomic E-state index is 12.4. The number of fused-ring (bicyclic) bond motifs is 1. The lowest BCUT2D eigenvalue weighted by atomic mass is 9.85. The highest BCUT2D eigenvalue weighted by atomic mass is 32.2. The number of amides is 1. The lowest BCUT2D eigenvalue weighted by Crippen LogP contribution is -2.39. The number of hydrogen-bond acceptors (Lipinski definition) is 4. The fraction of sp³-hybridized carbons (Fsp3) is 0.588. The predicted octanol–water partition coefficient (Wildman–Crippen LogP) is 2.31. The van der Waals surface area contributed by atoms with E-state index in [0.717, 1.165) is 6.42 Å². The van der Waals surface area contributed by atoms with Gasteiger partial charge >= 0.3 is 0 Å². The number of sulfonamides is 1. The molecule has 1 aliphatic heterocycles. The zero-order valence-corrected chi connectivity index (χ0v) is 14.7. The number of carbonyl (C=O) groups is 1. The van der Waals surface area contributed by atoms with Crippen molar-refractivity contribution in [2.45, 2.75) is 51.1 Å². The van der Waals surface area contributed by atoms with Crippen LogP contribution in [0.4, 0.5) is 11.4 Å². The zero-order chi connectivity index (χ0) is 17.2. The molecular formula is C17H25N3O3S. The number of nitrogens with one attached hydrogen (secondary N) is 3. The molecule has 0 aromatic heterocycles. The van der Waals surface area contributed by atoms with E-state index in [1.54, 1.807) is 31.2 Å². The van der Waals surface area contributed by atoms with Crippen LogP contribution in [0.25, 0.3) is 0 Å². The number of carbonyl (C=O) groups excluding carboxylic acids is 1. The second-order valence-corrected chi connectivity index (χ2v) is 8.69. The predicted molar refractivity (Wildman–Crippen MR) is 95.4 cm³/mol. The van der Waals surface area contributed by atoms with Gasteiger partial charge in [-0.25, -0.2) is 8.42 Å². The van der Waals surface area contributed by atoms with Crippen molar-refractivity contribution in [3.63, 3.8) is 0 Å². The van der Waals surface area contributed by atoms with Gasteiger partial charge in [0.05, 0.1) is 11.8 Å². The fourth-order valence-electron chi connectivity index (χ4n) is 3.62. The summed E-state index contributed by atoms with van der Waals surface area (Å²) in [5, 5.41) is 6.38. The molecule has 132 valence electrons. The van der Waals surface area contributed by atoms with Crippen LogP contribution in [0, 0.1) is 5.92 Å². The van der Waals surface area contributed by atoms with Crippen molar-refractivity contribution in [3.05, 3.63) is 24.3 Å². The van der Waals surface area contributed by atoms with Gasteiger partial charge in [-0.05, 0) is 56.4 Å². The Morgan fingerprint density at radius 2 is 1.83 bits per heavy atom. The lowest BCUT2D eigenvalue weighted by molar-refractivity contribution is -0.117. The van der Waals surface area contributed by atoms with E-state index in [1.165, 1.54) is 25.7 Å². The van der Waals surface area contributed by atoms with E-state index in [2.05, 4.69) is 15.4 Å². The van der Waals surface area contributed by atoms with Gasteiger partial charge in [0.25, 0.3) is 0 Å². The Hall–Kier alpha value is -1.60. The molecule has 1 saturated carbocycles. The van der Waals surface area contributed by atoms with Crippen LogP contribution in [0.3, 0.4) is 0 Å². The highest BCUT2D eigenvalue weighted by molar-refractivity contribution is 7.92. The van der Waals surface area contributed by atoms with E-state index < -0.39 is 10.0 Å². The van der Waals surface area contributed by atoms with Crippen LogP contribution in [-0.2, 0) is 14.8 Å². The molecule has 1 amide bonds. The largest absolute Gasteiger partial charge is 0.325 e. The highest BCUT2D eigenvalue weighted by Crippen LogP contribution is 2.33. The summed E-state index contributed by atoms with van der Waals surface area (Å²) in [5.41, 5.74) is 1.18. The minimum absolute atomic E-state index is 0.00807. The molecule has 3 atom stereocenters. The van der Waals surface area contributed by atoms with Crippen molar-refractivity contribution in [3.8, 4) is 0 Å². The maximum atomic E-state index is 12.4. The Kier molecular flexibility index (Phi) is 5.10. The molecule has 1 aromatic carbocycles. The van der Waals surface area contributed by atoms with Crippen molar-refractivity contribution in [1.29, 1.82) is 0 Å². The number of rotatable bonds is 5. The standard InChI is InChI=1S/C17H25N3O3S/c1-2-24(22,23)20-14-9-7-13(8-10-14)18-17(21)16-11-12-5-3-4-6-15(12)19-16/h7-10,12,15-16,19-20H,2-6,11H2,1H3,(H,18,21). The minimum atomic E-state index is -3.28. The smallest absolute Gasteiger partial charge is 0.241 e. The lowest BCUT2D eigenvalue weighted by Gasteiger charge is -2.24. The van der Waals surface area contributed by atoms with Gasteiger partial charge in [-0.1, -0.05) is 12.8 Å². The zero-order valence-electron chi connectivity index (χ0n) is 13.9. The Labute approximate surface area is 143 Å². The normalized spacial score (nSPS) is 26.6. The van der Waals surface area contributed by atoms with E-state index in [1.807, 2.05) is 0 Å². The van der Waals surface area contributed by atoms with E-state index >= 15 is 0 Å². The van der Waals surface area contributed by atoms with Gasteiger partial charge in [-0.3, -0.25) is 9.52 Å². The van der Waals surface area contributed by atoms with Gasteiger partial charge in [0.15, 0.2) is 0 Å². The topological polar surface area (TPSA) is 87.3 Å². The minimum Gasteiger partial charge on any atom is -0.325 e. The summed E-state index contributed by atoms with van der Waals surface area (Å²) in [7, 11) is -3.28. The SMILES string of the molecule is CCS(=O)(=O)Nc1ccc(NC(=O)C2CC3CCCCC3N2)cc1. The highest BCUT2D eigenvalue weighted by Gasteiger charge is 2.38. The van der Waals surface area contributed by atoms with Crippen molar-refractivity contribution in [2.75, 3.05) is 15.8 Å². The molecule has 0 spiro atoms. The molecule has 1 saturated heterocycles. The molecule has 1 aromatic rings. The Balaban J connectivity index is 1.57. The van der Waals surface area contributed by atoms with E-state index in [4.69, 9.17) is 0 Å². The third kappa shape index (κ3) is 4.08. The molecular weight excluding hydrogens is 326 g/mol. The van der Waals surface area contributed by atoms with Crippen molar-refractivity contribution in [1.82, 2.24) is 5.32 Å². The molecule has 3 N–H and O–H groups in total. The number of anilines is 2. The van der Waals surface area contributed by atoms with Crippen LogP contribution >= 0.6 is 0 Å². The first-order valence-electron chi connectivity index (χ1n) is 8.64. The number of hydrogen-bond donors (Lipinski definition) is 3. The summed E-state index contributed by atoms with van der Waals surface area (Å²) in [5.74, 6) is 0.646. The molecule has 2 aliphatic rings. The summed E-state index contributed by atoms with van der Waals surface area (Å²) >= 11 is 0. The van der Waals surface area contributed by atoms with E-state index in [-0.39, 0.29) is 17.7 Å². The molecule has 7 heteroatoms. The summed E-state index contributed by atoms with van der Waals surface area (Å²) in [4.78, 5) is 12.4. The summed E-state index contributed by atoms with van der Waals surface area (Å²) in [6.45, 7) is 1.59. The Morgan fingerprint density at radius 3 is 2.50 bits per heavy atom. The monoisotopic (exact) mass is 351 g/mol. The van der Waals surface area contributed by atoms with Gasteiger partial charge in [0.1, 0.15) is 0 Å². The first kappa shape index (κ1) is 17.2. The fourth-order valence-corrected chi connectivity index (χ4v) is 4.26. The van der Waals surface area contributed by atoms with E-state index in [9.17, 15) is 13.2 Å². The Morgan fingerprint density at radius 1 is 1.17 bits per heavy atom. The third-order valence-electron chi connectivity index (χ3n) is 4.99. The average Bonchev–Trinajstić information content (AvgIpc) is 3.01. The Bertz CT molecular complexity index is 674. The van der Waals surface area contributed by atoms with Gasteiger partial charge in [0.2, 0.25) is 15.9 Å². The van der Waals surface area contributed by atoms with Crippen LogP contribution in [-0.4, -0.2) is 32.2 Å².